The van der Waals surface area contributed by atoms with Gasteiger partial charge in [0.1, 0.15) is 23.0 Å². The van der Waals surface area contributed by atoms with E-state index in [-0.39, 0.29) is 24.3 Å². The topological polar surface area (TPSA) is 24.9 Å². The maximum absolute atomic E-state index is 7.75. The maximum Gasteiger partial charge on any atom is 0.256 e. The van der Waals surface area contributed by atoms with Gasteiger partial charge in [0.2, 0.25) is 0 Å². The van der Waals surface area contributed by atoms with Crippen molar-refractivity contribution in [2.24, 2.45) is 0 Å². The Labute approximate surface area is 580 Å². The van der Waals surface area contributed by atoms with E-state index in [2.05, 4.69) is 355 Å². The largest absolute Gasteiger partial charge is 0.458 e. The highest BCUT2D eigenvalue weighted by atomic mass is 16.5. The Morgan fingerprint density at radius 2 is 0.596 bits per heavy atom. The van der Waals surface area contributed by atoms with E-state index in [9.17, 15) is 0 Å². The van der Waals surface area contributed by atoms with E-state index in [0.29, 0.717) is 0 Å². The molecule has 6 aliphatic rings. The highest BCUT2D eigenvalue weighted by Gasteiger charge is 2.55. The predicted molar refractivity (Wildman–Crippen MR) is 414 cm³/mol. The van der Waals surface area contributed by atoms with Crippen LogP contribution in [-0.2, 0) is 16.2 Å². The monoisotopic (exact) mass is 1270 g/mol. The zero-order valence-electron chi connectivity index (χ0n) is 56.2. The Morgan fingerprint density at radius 1 is 0.263 bits per heavy atom. The first-order valence-electron chi connectivity index (χ1n) is 34.9. The molecule has 0 aromatic heterocycles. The molecule has 14 aromatic rings. The summed E-state index contributed by atoms with van der Waals surface area (Å²) in [7, 11) is 0. The molecule has 99 heavy (non-hydrogen) atoms. The van der Waals surface area contributed by atoms with Gasteiger partial charge in [-0.25, -0.2) is 0 Å². The van der Waals surface area contributed by atoms with Crippen molar-refractivity contribution >= 4 is 80.3 Å². The third-order valence-electron chi connectivity index (χ3n) is 22.3. The second-order valence-electron chi connectivity index (χ2n) is 29.9. The molecule has 468 valence electrons. The van der Waals surface area contributed by atoms with Gasteiger partial charge in [-0.1, -0.05) is 272 Å². The molecule has 20 rings (SSSR count). The quantitative estimate of drug-likeness (QED) is 0.155. The van der Waals surface area contributed by atoms with Gasteiger partial charge in [0.15, 0.2) is 0 Å². The minimum Gasteiger partial charge on any atom is -0.458 e. The molecule has 0 fully saturated rings. The average molecular weight is 1270 g/mol. The van der Waals surface area contributed by atoms with Crippen LogP contribution in [0.25, 0.3) is 66.8 Å². The Morgan fingerprint density at radius 3 is 0.970 bits per heavy atom. The molecule has 0 atom stereocenters. The van der Waals surface area contributed by atoms with E-state index in [1.807, 2.05) is 0 Å². The standard InChI is InChI=1S/C93H68B2N2O2/c1-91(2,3)65-49-83-89-87(51-65)98-85-55-75-71(53-79(85)94(89)77-47-63(59-27-15-9-16-28-59)39-45-81(77)96(83)67-41-35-61(36-42-67)57-23-11-7-12-24-57)69-31-19-21-33-73(69)93(75)74-34-22-20-32-70(74)72-54-80-86(56-76(72)93)99-88-52-66(92(4,5)6)50-84-90(88)95(80)78-48-64(60-29-17-10-18-30-60)40-46-82(78)97(84)68-43-37-62(38-44-68)58-25-13-8-14-26-58/h7-56H,1-6H3. The van der Waals surface area contributed by atoms with Crippen LogP contribution in [0.5, 0.6) is 23.0 Å². The zero-order chi connectivity index (χ0) is 66.2. The molecule has 0 N–H and O–H groups in total. The molecular weight excluding hydrogens is 1200 g/mol. The van der Waals surface area contributed by atoms with Crippen LogP contribution in [-0.4, -0.2) is 13.4 Å². The highest BCUT2D eigenvalue weighted by molar-refractivity contribution is 7.00. The van der Waals surface area contributed by atoms with E-state index in [1.165, 1.54) is 122 Å². The molecule has 14 aromatic carbocycles. The molecule has 4 aliphatic heterocycles. The predicted octanol–water partition coefficient (Wildman–Crippen LogP) is 20.1. The fourth-order valence-corrected chi connectivity index (χ4v) is 17.5. The first-order valence-corrected chi connectivity index (χ1v) is 34.9. The molecule has 0 amide bonds. The molecule has 0 radical (unpaired) electrons. The number of ether oxygens (including phenoxy) is 2. The Bertz CT molecular complexity index is 5340. The molecule has 2 aliphatic carbocycles. The van der Waals surface area contributed by atoms with Gasteiger partial charge in [0.25, 0.3) is 13.4 Å². The molecule has 4 nitrogen and oxygen atoms in total. The van der Waals surface area contributed by atoms with E-state index < -0.39 is 5.41 Å². The summed E-state index contributed by atoms with van der Waals surface area (Å²) < 4.78 is 15.5. The van der Waals surface area contributed by atoms with Crippen molar-refractivity contribution in [3.8, 4) is 89.8 Å². The van der Waals surface area contributed by atoms with Crippen LogP contribution < -0.4 is 52.1 Å². The van der Waals surface area contributed by atoms with Gasteiger partial charge >= 0.3 is 0 Å². The van der Waals surface area contributed by atoms with E-state index in [4.69, 9.17) is 9.47 Å². The number of benzene rings is 14. The second-order valence-corrected chi connectivity index (χ2v) is 29.9. The van der Waals surface area contributed by atoms with Crippen LogP contribution >= 0.6 is 0 Å². The van der Waals surface area contributed by atoms with Crippen molar-refractivity contribution in [1.82, 2.24) is 0 Å². The second kappa shape index (κ2) is 21.2. The molecule has 0 unspecified atom stereocenters. The minimum atomic E-state index is -0.729. The Kier molecular flexibility index (Phi) is 12.3. The Hall–Kier alpha value is -11.6. The first kappa shape index (κ1) is 57.6. The summed E-state index contributed by atoms with van der Waals surface area (Å²) in [5.41, 5.74) is 34.7. The number of fused-ring (bicyclic) bond motifs is 18. The zero-order valence-corrected chi connectivity index (χ0v) is 56.2. The normalized spacial score (nSPS) is 14.1. The number of hydrogen-bond acceptors (Lipinski definition) is 4. The summed E-state index contributed by atoms with van der Waals surface area (Å²) in [6.07, 6.45) is 0. The van der Waals surface area contributed by atoms with Gasteiger partial charge in [-0.2, -0.15) is 0 Å². The molecule has 6 heteroatoms. The summed E-state index contributed by atoms with van der Waals surface area (Å²) >= 11 is 0. The van der Waals surface area contributed by atoms with Crippen molar-refractivity contribution in [2.45, 2.75) is 57.8 Å². The van der Waals surface area contributed by atoms with Gasteiger partial charge in [0.05, 0.1) is 5.41 Å². The summed E-state index contributed by atoms with van der Waals surface area (Å²) in [5, 5.41) is 0. The van der Waals surface area contributed by atoms with Gasteiger partial charge < -0.3 is 19.3 Å². The molecule has 0 saturated carbocycles. The van der Waals surface area contributed by atoms with Crippen molar-refractivity contribution in [1.29, 1.82) is 0 Å². The molecule has 0 bridgehead atoms. The lowest BCUT2D eigenvalue weighted by Crippen LogP contribution is -2.59. The van der Waals surface area contributed by atoms with E-state index in [1.54, 1.807) is 0 Å². The average Bonchev–Trinajstić information content (AvgIpc) is 1.58. The van der Waals surface area contributed by atoms with E-state index >= 15 is 0 Å². The summed E-state index contributed by atoms with van der Waals surface area (Å²) in [4.78, 5) is 5.01. The van der Waals surface area contributed by atoms with E-state index in [0.717, 1.165) is 68.0 Å². The summed E-state index contributed by atoms with van der Waals surface area (Å²) in [6, 6.07) is 114. The van der Waals surface area contributed by atoms with Crippen molar-refractivity contribution in [3.63, 3.8) is 0 Å². The van der Waals surface area contributed by atoms with Crippen molar-refractivity contribution in [3.05, 3.63) is 337 Å². The van der Waals surface area contributed by atoms with Crippen molar-refractivity contribution < 1.29 is 9.47 Å². The Balaban J connectivity index is 0.799. The summed E-state index contributed by atoms with van der Waals surface area (Å²) in [6.45, 7) is 13.6. The SMILES string of the molecule is CC(C)(C)c1cc2c3c(c1)N(c1ccc(-c4ccccc4)cc1)c1ccc(-c4ccccc4)cc1B3c1cc3c(cc1O2)C1(c2ccccc2-3)c2ccccc2-c2cc3c(cc21)Oc1cc(C(C)(C)C)cc2c1B3c1cc(-c3ccccc3)ccc1N2c1ccc(-c2ccccc2)cc1. The van der Waals surface area contributed by atoms with Crippen LogP contribution in [0.15, 0.2) is 303 Å². The fraction of sp³-hybridized carbons (Fsp3) is 0.0968. The third-order valence-corrected chi connectivity index (χ3v) is 22.3. The van der Waals surface area contributed by atoms with Crippen LogP contribution in [0, 0.1) is 0 Å². The lowest BCUT2D eigenvalue weighted by molar-refractivity contribution is 0.481. The van der Waals surface area contributed by atoms with Gasteiger partial charge in [0, 0.05) is 34.1 Å². The van der Waals surface area contributed by atoms with Crippen molar-refractivity contribution in [2.75, 3.05) is 9.80 Å². The van der Waals surface area contributed by atoms with Crippen LogP contribution in [0.1, 0.15) is 74.9 Å². The first-order chi connectivity index (χ1) is 48.3. The maximum atomic E-state index is 7.75. The van der Waals surface area contributed by atoms with Crippen LogP contribution in [0.2, 0.25) is 0 Å². The highest BCUT2D eigenvalue weighted by Crippen LogP contribution is 2.64. The fourth-order valence-electron chi connectivity index (χ4n) is 17.5. The summed E-state index contributed by atoms with van der Waals surface area (Å²) in [5.74, 6) is 3.57. The molecular formula is C93H68B2N2O2. The lowest BCUT2D eigenvalue weighted by atomic mass is 9.33. The van der Waals surface area contributed by atoms with Gasteiger partial charge in [-0.15, -0.1) is 0 Å². The van der Waals surface area contributed by atoms with Crippen LogP contribution in [0.3, 0.4) is 0 Å². The molecule has 0 saturated heterocycles. The number of rotatable bonds is 6. The van der Waals surface area contributed by atoms with Gasteiger partial charge in [-0.3, -0.25) is 0 Å². The number of anilines is 6. The van der Waals surface area contributed by atoms with Gasteiger partial charge in [-0.05, 0) is 217 Å². The lowest BCUT2D eigenvalue weighted by Gasteiger charge is -2.42. The minimum absolute atomic E-state index is 0.155. The molecule has 4 heterocycles. The van der Waals surface area contributed by atoms with Crippen LogP contribution in [0.4, 0.5) is 34.1 Å². The number of hydrogen-bond donors (Lipinski definition) is 0. The number of nitrogens with zero attached hydrogens (tertiary/aromatic N) is 2. The molecule has 1 spiro atoms. The smallest absolute Gasteiger partial charge is 0.256 e. The third kappa shape index (κ3) is 8.55.